The molecule has 0 radical (unpaired) electrons. The van der Waals surface area contributed by atoms with Crippen molar-refractivity contribution in [3.8, 4) is 0 Å². The molecule has 0 spiro atoms. The van der Waals surface area contributed by atoms with Crippen LogP contribution < -0.4 is 10.2 Å². The summed E-state index contributed by atoms with van der Waals surface area (Å²) in [7, 11) is 0. The number of hydrogen-bond donors (Lipinski definition) is 1. The molecule has 1 saturated heterocycles. The van der Waals surface area contributed by atoms with Crippen molar-refractivity contribution in [1.29, 1.82) is 0 Å². The van der Waals surface area contributed by atoms with Gasteiger partial charge in [-0.1, -0.05) is 30.7 Å². The third-order valence-electron chi connectivity index (χ3n) is 7.18. The summed E-state index contributed by atoms with van der Waals surface area (Å²) in [5, 5.41) is 4.18. The highest BCUT2D eigenvalue weighted by Crippen LogP contribution is 2.44. The zero-order valence-electron chi connectivity index (χ0n) is 19.0. The van der Waals surface area contributed by atoms with E-state index in [0.29, 0.717) is 49.9 Å². The average molecular weight is 472 g/mol. The molecule has 2 fully saturated rings. The van der Waals surface area contributed by atoms with Gasteiger partial charge in [0.15, 0.2) is 0 Å². The molecular formula is C25H31ClFN5O. The van der Waals surface area contributed by atoms with E-state index in [0.717, 1.165) is 29.4 Å². The summed E-state index contributed by atoms with van der Waals surface area (Å²) in [5.74, 6) is 1.61. The molecule has 0 bridgehead atoms. The number of alkyl halides is 1. The largest absolute Gasteiger partial charge is 0.353 e. The van der Waals surface area contributed by atoms with Crippen molar-refractivity contribution in [2.24, 2.45) is 5.92 Å². The number of amides is 1. The molecule has 1 aromatic carbocycles. The molecule has 1 aromatic heterocycles. The quantitative estimate of drug-likeness (QED) is 0.659. The lowest BCUT2D eigenvalue weighted by atomic mass is 9.97. The third-order valence-corrected chi connectivity index (χ3v) is 7.44. The van der Waals surface area contributed by atoms with Crippen LogP contribution >= 0.6 is 11.6 Å². The Morgan fingerprint density at radius 3 is 2.61 bits per heavy atom. The fourth-order valence-electron chi connectivity index (χ4n) is 5.07. The molecule has 1 saturated carbocycles. The number of piperazine rings is 1. The molecule has 0 unspecified atom stereocenters. The topological polar surface area (TPSA) is 61.4 Å². The summed E-state index contributed by atoms with van der Waals surface area (Å²) in [5.41, 5.74) is 2.47. The zero-order valence-corrected chi connectivity index (χ0v) is 19.8. The minimum atomic E-state index is -1.01. The van der Waals surface area contributed by atoms with Crippen molar-refractivity contribution in [2.45, 2.75) is 44.2 Å². The Morgan fingerprint density at radius 2 is 1.91 bits per heavy atom. The maximum Gasteiger partial charge on any atom is 0.231 e. The maximum atomic E-state index is 14.3. The Labute approximate surface area is 199 Å². The molecule has 5 rings (SSSR count). The molecule has 2 aromatic rings. The lowest BCUT2D eigenvalue weighted by Gasteiger charge is -2.38. The van der Waals surface area contributed by atoms with Crippen LogP contribution in [0.1, 0.15) is 61.0 Å². The van der Waals surface area contributed by atoms with E-state index in [2.05, 4.69) is 20.2 Å². The van der Waals surface area contributed by atoms with Crippen molar-refractivity contribution in [2.75, 3.05) is 44.2 Å². The van der Waals surface area contributed by atoms with Gasteiger partial charge in [-0.15, -0.1) is 0 Å². The number of nitrogens with zero attached hydrogens (tertiary/aromatic N) is 4. The number of carbonyl (C=O) groups is 1. The normalized spacial score (nSPS) is 23.5. The second-order valence-electron chi connectivity index (χ2n) is 9.62. The summed E-state index contributed by atoms with van der Waals surface area (Å²) in [6.45, 7) is 6.25. The summed E-state index contributed by atoms with van der Waals surface area (Å²) >= 11 is 6.08. The van der Waals surface area contributed by atoms with Gasteiger partial charge in [0.1, 0.15) is 18.3 Å². The molecule has 1 N–H and O–H groups in total. The van der Waals surface area contributed by atoms with Gasteiger partial charge in [-0.05, 0) is 55.3 Å². The highest BCUT2D eigenvalue weighted by atomic mass is 35.5. The number of carbonyl (C=O) groups excluding carboxylic acids is 1. The SMILES string of the molecule is C[C@@H]1C[C@@H](F)c2ncnc(N3CCN(C(=O)[C@H](CNCC4CC4)c4ccc(Cl)cc4)CC3)c21. The minimum Gasteiger partial charge on any atom is -0.353 e. The highest BCUT2D eigenvalue weighted by molar-refractivity contribution is 6.30. The first-order valence-corrected chi connectivity index (χ1v) is 12.4. The van der Waals surface area contributed by atoms with Gasteiger partial charge in [-0.25, -0.2) is 14.4 Å². The van der Waals surface area contributed by atoms with Crippen molar-refractivity contribution >= 4 is 23.3 Å². The molecule has 2 aliphatic carbocycles. The smallest absolute Gasteiger partial charge is 0.231 e. The summed E-state index contributed by atoms with van der Waals surface area (Å²) in [6.07, 6.45) is 3.49. The van der Waals surface area contributed by atoms with Gasteiger partial charge in [0.05, 0.1) is 11.6 Å². The van der Waals surface area contributed by atoms with Crippen LogP contribution in [-0.4, -0.2) is 60.0 Å². The van der Waals surface area contributed by atoms with Crippen LogP contribution in [0.3, 0.4) is 0 Å². The van der Waals surface area contributed by atoms with E-state index in [1.54, 1.807) is 0 Å². The molecular weight excluding hydrogens is 441 g/mol. The lowest BCUT2D eigenvalue weighted by molar-refractivity contribution is -0.133. The van der Waals surface area contributed by atoms with Gasteiger partial charge in [0.2, 0.25) is 5.91 Å². The molecule has 1 aliphatic heterocycles. The monoisotopic (exact) mass is 471 g/mol. The van der Waals surface area contributed by atoms with E-state index >= 15 is 0 Å². The van der Waals surface area contributed by atoms with Gasteiger partial charge in [-0.2, -0.15) is 0 Å². The first-order valence-electron chi connectivity index (χ1n) is 12.0. The number of hydrogen-bond acceptors (Lipinski definition) is 5. The van der Waals surface area contributed by atoms with Crippen LogP contribution in [0.2, 0.25) is 5.02 Å². The van der Waals surface area contributed by atoms with E-state index in [-0.39, 0.29) is 17.7 Å². The molecule has 33 heavy (non-hydrogen) atoms. The second-order valence-corrected chi connectivity index (χ2v) is 10.1. The number of nitrogens with one attached hydrogen (secondary N) is 1. The molecule has 3 atom stereocenters. The van der Waals surface area contributed by atoms with E-state index in [1.165, 1.54) is 19.2 Å². The van der Waals surface area contributed by atoms with E-state index < -0.39 is 6.17 Å². The summed E-state index contributed by atoms with van der Waals surface area (Å²) in [4.78, 5) is 26.4. The number of fused-ring (bicyclic) bond motifs is 1. The third kappa shape index (κ3) is 4.85. The number of anilines is 1. The molecule has 3 aliphatic rings. The number of rotatable bonds is 7. The predicted molar refractivity (Wildman–Crippen MR) is 127 cm³/mol. The first-order chi connectivity index (χ1) is 16.0. The fraction of sp³-hybridized carbons (Fsp3) is 0.560. The Kier molecular flexibility index (Phi) is 6.52. The predicted octanol–water partition coefficient (Wildman–Crippen LogP) is 4.08. The van der Waals surface area contributed by atoms with Gasteiger partial charge >= 0.3 is 0 Å². The molecule has 2 heterocycles. The number of aromatic nitrogens is 2. The van der Waals surface area contributed by atoms with Crippen molar-refractivity contribution in [3.05, 3.63) is 52.4 Å². The Morgan fingerprint density at radius 1 is 1.18 bits per heavy atom. The van der Waals surface area contributed by atoms with Crippen molar-refractivity contribution in [3.63, 3.8) is 0 Å². The number of benzene rings is 1. The number of halogens is 2. The van der Waals surface area contributed by atoms with E-state index in [4.69, 9.17) is 11.6 Å². The van der Waals surface area contributed by atoms with Crippen LogP contribution in [0.5, 0.6) is 0 Å². The lowest BCUT2D eigenvalue weighted by Crippen LogP contribution is -2.51. The highest BCUT2D eigenvalue weighted by Gasteiger charge is 2.36. The molecule has 1 amide bonds. The average Bonchev–Trinajstić information content (AvgIpc) is 3.61. The van der Waals surface area contributed by atoms with Crippen molar-refractivity contribution < 1.29 is 9.18 Å². The maximum absolute atomic E-state index is 14.3. The Bertz CT molecular complexity index is 991. The summed E-state index contributed by atoms with van der Waals surface area (Å²) < 4.78 is 14.3. The van der Waals surface area contributed by atoms with Crippen LogP contribution in [-0.2, 0) is 4.79 Å². The van der Waals surface area contributed by atoms with Gasteiger partial charge in [0.25, 0.3) is 0 Å². The van der Waals surface area contributed by atoms with Gasteiger partial charge in [0, 0.05) is 43.3 Å². The molecule has 6 nitrogen and oxygen atoms in total. The zero-order chi connectivity index (χ0) is 22.9. The Balaban J connectivity index is 1.27. The Hall–Kier alpha value is -2.25. The van der Waals surface area contributed by atoms with E-state index in [1.807, 2.05) is 36.1 Å². The fourth-order valence-corrected chi connectivity index (χ4v) is 5.20. The van der Waals surface area contributed by atoms with Crippen LogP contribution in [0.25, 0.3) is 0 Å². The van der Waals surface area contributed by atoms with E-state index in [9.17, 15) is 9.18 Å². The van der Waals surface area contributed by atoms with Crippen LogP contribution in [0.4, 0.5) is 10.2 Å². The van der Waals surface area contributed by atoms with Crippen LogP contribution in [0, 0.1) is 5.92 Å². The molecule has 176 valence electrons. The second kappa shape index (κ2) is 9.55. The molecule has 8 heteroatoms. The summed E-state index contributed by atoms with van der Waals surface area (Å²) in [6, 6.07) is 7.62. The van der Waals surface area contributed by atoms with Gasteiger partial charge < -0.3 is 15.1 Å². The first kappa shape index (κ1) is 22.5. The van der Waals surface area contributed by atoms with Gasteiger partial charge in [-0.3, -0.25) is 4.79 Å². The minimum absolute atomic E-state index is 0.109. The van der Waals surface area contributed by atoms with Crippen molar-refractivity contribution in [1.82, 2.24) is 20.2 Å². The van der Waals surface area contributed by atoms with Crippen LogP contribution in [0.15, 0.2) is 30.6 Å². The standard InChI is InChI=1S/C25H31ClFN5O/c1-16-12-21(27)23-22(16)24(30-15-29-23)31-8-10-32(11-9-31)25(33)20(14-28-13-17-2-3-17)18-4-6-19(26)7-5-18/h4-7,15-17,20-21,28H,2-3,8-14H2,1H3/t16-,20-,21-/m1/s1.